The molecule has 1 unspecified atom stereocenters. The average Bonchev–Trinajstić information content (AvgIpc) is 2.62. The summed E-state index contributed by atoms with van der Waals surface area (Å²) in [5.74, 6) is 0.970. The fraction of sp³-hybridized carbons (Fsp3) is 0.692. The van der Waals surface area contributed by atoms with Crippen molar-refractivity contribution < 1.29 is 5.11 Å². The number of aryl methyl sites for hydroxylation is 2. The zero-order valence-electron chi connectivity index (χ0n) is 11.6. The maximum Gasteiger partial charge on any atom is 0.142 e. The molecule has 1 aromatic heterocycles. The SMILES string of the molecule is CCC(CC)C(O)CNc1c(C#N)c(C)nn1C. The van der Waals surface area contributed by atoms with Crippen molar-refractivity contribution in [1.82, 2.24) is 9.78 Å². The molecule has 1 rings (SSSR count). The third kappa shape index (κ3) is 3.02. The summed E-state index contributed by atoms with van der Waals surface area (Å²) in [5.41, 5.74) is 1.26. The molecule has 0 aliphatic heterocycles. The number of nitriles is 1. The number of anilines is 1. The minimum absolute atomic E-state index is 0.289. The smallest absolute Gasteiger partial charge is 0.142 e. The van der Waals surface area contributed by atoms with Gasteiger partial charge in [0.25, 0.3) is 0 Å². The molecule has 1 atom stereocenters. The zero-order chi connectivity index (χ0) is 13.7. The Morgan fingerprint density at radius 2 is 2.06 bits per heavy atom. The van der Waals surface area contributed by atoms with E-state index in [0.717, 1.165) is 12.8 Å². The summed E-state index contributed by atoms with van der Waals surface area (Å²) < 4.78 is 1.65. The van der Waals surface area contributed by atoms with Gasteiger partial charge < -0.3 is 10.4 Å². The highest BCUT2D eigenvalue weighted by molar-refractivity contribution is 5.55. The summed E-state index contributed by atoms with van der Waals surface area (Å²) in [6, 6.07) is 2.14. The summed E-state index contributed by atoms with van der Waals surface area (Å²) >= 11 is 0. The van der Waals surface area contributed by atoms with Crippen molar-refractivity contribution in [2.45, 2.75) is 39.7 Å². The van der Waals surface area contributed by atoms with Gasteiger partial charge in [-0.1, -0.05) is 26.7 Å². The second-order valence-corrected chi connectivity index (χ2v) is 4.57. The number of aromatic nitrogens is 2. The van der Waals surface area contributed by atoms with Gasteiger partial charge in [0.1, 0.15) is 17.5 Å². The number of rotatable bonds is 6. The van der Waals surface area contributed by atoms with Crippen LogP contribution in [0.3, 0.4) is 0 Å². The predicted octanol–water partition coefficient (Wildman–Crippen LogP) is 1.81. The Morgan fingerprint density at radius 3 is 2.56 bits per heavy atom. The summed E-state index contributed by atoms with van der Waals surface area (Å²) in [7, 11) is 1.79. The third-order valence-electron chi connectivity index (χ3n) is 3.41. The molecule has 0 aliphatic carbocycles. The van der Waals surface area contributed by atoms with Crippen LogP contribution in [0.5, 0.6) is 0 Å². The van der Waals surface area contributed by atoms with Crippen molar-refractivity contribution in [2.75, 3.05) is 11.9 Å². The molecule has 1 aromatic rings. The lowest BCUT2D eigenvalue weighted by Gasteiger charge is -2.20. The van der Waals surface area contributed by atoms with Gasteiger partial charge in [-0.05, 0) is 12.8 Å². The fourth-order valence-electron chi connectivity index (χ4n) is 2.20. The van der Waals surface area contributed by atoms with Gasteiger partial charge in [0.05, 0.1) is 11.8 Å². The summed E-state index contributed by atoms with van der Waals surface area (Å²) in [6.45, 7) is 6.40. The number of hydrogen-bond acceptors (Lipinski definition) is 4. The van der Waals surface area contributed by atoms with Gasteiger partial charge >= 0.3 is 0 Å². The molecule has 0 radical (unpaired) electrons. The van der Waals surface area contributed by atoms with E-state index in [2.05, 4.69) is 30.3 Å². The van der Waals surface area contributed by atoms with Crippen molar-refractivity contribution in [3.8, 4) is 6.07 Å². The lowest BCUT2D eigenvalue weighted by Crippen LogP contribution is -2.28. The molecule has 5 nitrogen and oxygen atoms in total. The van der Waals surface area contributed by atoms with E-state index in [1.54, 1.807) is 18.7 Å². The van der Waals surface area contributed by atoms with Crippen LogP contribution < -0.4 is 5.32 Å². The van der Waals surface area contributed by atoms with Gasteiger partial charge in [0.2, 0.25) is 0 Å². The van der Waals surface area contributed by atoms with E-state index in [4.69, 9.17) is 5.26 Å². The molecule has 0 saturated heterocycles. The van der Waals surface area contributed by atoms with Crippen LogP contribution in [0.1, 0.15) is 37.9 Å². The van der Waals surface area contributed by atoms with Crippen molar-refractivity contribution in [3.63, 3.8) is 0 Å². The number of aliphatic hydroxyl groups excluding tert-OH is 1. The van der Waals surface area contributed by atoms with E-state index < -0.39 is 6.10 Å². The molecule has 18 heavy (non-hydrogen) atoms. The molecule has 1 heterocycles. The molecule has 100 valence electrons. The molecule has 2 N–H and O–H groups in total. The molecule has 0 saturated carbocycles. The van der Waals surface area contributed by atoms with E-state index >= 15 is 0 Å². The number of aliphatic hydroxyl groups is 1. The van der Waals surface area contributed by atoms with Gasteiger partial charge in [-0.25, -0.2) is 0 Å². The van der Waals surface area contributed by atoms with Gasteiger partial charge in [0, 0.05) is 13.6 Å². The van der Waals surface area contributed by atoms with Crippen molar-refractivity contribution in [3.05, 3.63) is 11.3 Å². The lowest BCUT2D eigenvalue weighted by molar-refractivity contribution is 0.114. The first-order valence-corrected chi connectivity index (χ1v) is 6.40. The Kier molecular flexibility index (Phi) is 5.17. The van der Waals surface area contributed by atoms with Crippen LogP contribution in [0.2, 0.25) is 0 Å². The predicted molar refractivity (Wildman–Crippen MR) is 71.2 cm³/mol. The first-order valence-electron chi connectivity index (χ1n) is 6.40. The van der Waals surface area contributed by atoms with Crippen LogP contribution in [0.15, 0.2) is 0 Å². The van der Waals surface area contributed by atoms with E-state index in [1.807, 2.05) is 0 Å². The standard InChI is InChI=1S/C13H22N4O/c1-5-10(6-2)12(18)8-15-13-11(7-14)9(3)16-17(13)4/h10,12,15,18H,5-6,8H2,1-4H3. The van der Waals surface area contributed by atoms with E-state index in [-0.39, 0.29) is 5.92 Å². The van der Waals surface area contributed by atoms with Crippen LogP contribution in [0.25, 0.3) is 0 Å². The Hall–Kier alpha value is -1.54. The minimum atomic E-state index is -0.401. The zero-order valence-corrected chi connectivity index (χ0v) is 11.6. The number of nitrogens with one attached hydrogen (secondary N) is 1. The summed E-state index contributed by atoms with van der Waals surface area (Å²) in [6.07, 6.45) is 1.51. The van der Waals surface area contributed by atoms with E-state index in [9.17, 15) is 5.11 Å². The Morgan fingerprint density at radius 1 is 1.44 bits per heavy atom. The first kappa shape index (κ1) is 14.5. The molecular weight excluding hydrogens is 228 g/mol. The monoisotopic (exact) mass is 250 g/mol. The highest BCUT2D eigenvalue weighted by atomic mass is 16.3. The third-order valence-corrected chi connectivity index (χ3v) is 3.41. The number of hydrogen-bond donors (Lipinski definition) is 2. The van der Waals surface area contributed by atoms with Crippen LogP contribution in [-0.2, 0) is 7.05 Å². The maximum absolute atomic E-state index is 10.1. The van der Waals surface area contributed by atoms with Crippen LogP contribution >= 0.6 is 0 Å². The van der Waals surface area contributed by atoms with Gasteiger partial charge in [-0.3, -0.25) is 4.68 Å². The van der Waals surface area contributed by atoms with Gasteiger partial charge in [-0.2, -0.15) is 10.4 Å². The fourth-order valence-corrected chi connectivity index (χ4v) is 2.20. The van der Waals surface area contributed by atoms with Gasteiger partial charge in [-0.15, -0.1) is 0 Å². The molecular formula is C13H22N4O. The Balaban J connectivity index is 2.72. The first-order chi connectivity index (χ1) is 8.54. The van der Waals surface area contributed by atoms with E-state index in [1.165, 1.54) is 0 Å². The van der Waals surface area contributed by atoms with E-state index in [0.29, 0.717) is 23.6 Å². The molecule has 0 fully saturated rings. The molecule has 0 amide bonds. The maximum atomic E-state index is 10.1. The quantitative estimate of drug-likeness (QED) is 0.807. The van der Waals surface area contributed by atoms with Crippen molar-refractivity contribution >= 4 is 5.82 Å². The van der Waals surface area contributed by atoms with Crippen molar-refractivity contribution in [2.24, 2.45) is 13.0 Å². The molecule has 0 bridgehead atoms. The minimum Gasteiger partial charge on any atom is -0.391 e. The summed E-state index contributed by atoms with van der Waals surface area (Å²) in [4.78, 5) is 0. The topological polar surface area (TPSA) is 73.9 Å². The van der Waals surface area contributed by atoms with Gasteiger partial charge in [0.15, 0.2) is 0 Å². The highest BCUT2D eigenvalue weighted by Crippen LogP contribution is 2.19. The highest BCUT2D eigenvalue weighted by Gasteiger charge is 2.18. The second-order valence-electron chi connectivity index (χ2n) is 4.57. The van der Waals surface area contributed by atoms with Crippen LogP contribution in [0, 0.1) is 24.2 Å². The molecule has 0 aliphatic rings. The van der Waals surface area contributed by atoms with Crippen molar-refractivity contribution in [1.29, 1.82) is 5.26 Å². The average molecular weight is 250 g/mol. The summed E-state index contributed by atoms with van der Waals surface area (Å²) in [5, 5.41) is 26.5. The Bertz CT molecular complexity index is 429. The normalized spacial score (nSPS) is 12.5. The number of nitrogens with zero attached hydrogens (tertiary/aromatic N) is 3. The molecule has 5 heteroatoms. The second kappa shape index (κ2) is 6.41. The molecule has 0 spiro atoms. The molecule has 0 aromatic carbocycles. The van der Waals surface area contributed by atoms with Crippen LogP contribution in [-0.4, -0.2) is 27.5 Å². The lowest BCUT2D eigenvalue weighted by atomic mass is 9.96. The van der Waals surface area contributed by atoms with Crippen LogP contribution in [0.4, 0.5) is 5.82 Å². The Labute approximate surface area is 108 Å². The largest absolute Gasteiger partial charge is 0.391 e.